The van der Waals surface area contributed by atoms with E-state index in [1.807, 2.05) is 0 Å². The average Bonchev–Trinajstić information content (AvgIpc) is 2.39. The summed E-state index contributed by atoms with van der Waals surface area (Å²) in [6.45, 7) is 11.7. The third kappa shape index (κ3) is 2.15. The largest absolute Gasteiger partial charge is 0.385 e. The van der Waals surface area contributed by atoms with Crippen LogP contribution in [0.4, 0.5) is 0 Å². The number of hydrogen-bond donors (Lipinski definition) is 1. The Balaban J connectivity index is 2.15. The molecule has 0 spiro atoms. The fourth-order valence-electron chi connectivity index (χ4n) is 5.50. The molecule has 1 nitrogen and oxygen atoms in total. The van der Waals surface area contributed by atoms with Gasteiger partial charge in [0.15, 0.2) is 0 Å². The monoisotopic (exact) mass is 288 g/mol. The highest BCUT2D eigenvalue weighted by atomic mass is 16.3. The Bertz CT molecular complexity index is 498. The molecule has 3 aliphatic rings. The van der Waals surface area contributed by atoms with E-state index in [0.717, 1.165) is 18.8 Å². The summed E-state index contributed by atoms with van der Waals surface area (Å²) in [5, 5.41) is 11.5. The first-order valence-electron chi connectivity index (χ1n) is 8.82. The molecule has 0 unspecified atom stereocenters. The molecule has 1 saturated carbocycles. The molecule has 118 valence electrons. The van der Waals surface area contributed by atoms with Gasteiger partial charge in [-0.15, -0.1) is 0 Å². The molecule has 4 atom stereocenters. The summed E-state index contributed by atoms with van der Waals surface area (Å²) in [5.41, 5.74) is 2.48. The molecule has 0 heterocycles. The summed E-state index contributed by atoms with van der Waals surface area (Å²) in [4.78, 5) is 0. The van der Waals surface area contributed by atoms with Crippen LogP contribution in [0.2, 0.25) is 0 Å². The minimum absolute atomic E-state index is 0.0171. The second kappa shape index (κ2) is 4.72. The Morgan fingerprint density at radius 3 is 2.52 bits per heavy atom. The molecule has 0 saturated heterocycles. The fourth-order valence-corrected chi connectivity index (χ4v) is 5.50. The van der Waals surface area contributed by atoms with Crippen molar-refractivity contribution in [1.29, 1.82) is 0 Å². The molecule has 2 bridgehead atoms. The quantitative estimate of drug-likeness (QED) is 0.645. The van der Waals surface area contributed by atoms with Gasteiger partial charge in [0.1, 0.15) is 0 Å². The minimum Gasteiger partial charge on any atom is -0.385 e. The van der Waals surface area contributed by atoms with E-state index in [1.165, 1.54) is 36.8 Å². The van der Waals surface area contributed by atoms with Gasteiger partial charge in [0.05, 0.1) is 5.60 Å². The van der Waals surface area contributed by atoms with Gasteiger partial charge in [0.25, 0.3) is 0 Å². The molecular formula is C20H32O. The van der Waals surface area contributed by atoms with Crippen LogP contribution in [0, 0.1) is 22.7 Å². The minimum atomic E-state index is -0.631. The summed E-state index contributed by atoms with van der Waals surface area (Å²) in [6, 6.07) is 0. The van der Waals surface area contributed by atoms with Crippen LogP contribution in [0.1, 0.15) is 73.1 Å². The van der Waals surface area contributed by atoms with Gasteiger partial charge in [-0.3, -0.25) is 0 Å². The highest BCUT2D eigenvalue weighted by Crippen LogP contribution is 2.58. The van der Waals surface area contributed by atoms with Crippen LogP contribution >= 0.6 is 0 Å². The van der Waals surface area contributed by atoms with Crippen LogP contribution in [0.5, 0.6) is 0 Å². The maximum absolute atomic E-state index is 11.5. The fraction of sp³-hybridized carbons (Fsp3) is 0.800. The second-order valence-corrected chi connectivity index (χ2v) is 8.85. The Kier molecular flexibility index (Phi) is 3.44. The summed E-state index contributed by atoms with van der Waals surface area (Å²) in [7, 11) is 0. The first-order valence-corrected chi connectivity index (χ1v) is 8.82. The first kappa shape index (κ1) is 15.3. The van der Waals surface area contributed by atoms with Crippen molar-refractivity contribution < 1.29 is 5.11 Å². The van der Waals surface area contributed by atoms with Crippen molar-refractivity contribution >= 4 is 0 Å². The van der Waals surface area contributed by atoms with Crippen molar-refractivity contribution in [2.24, 2.45) is 22.7 Å². The molecule has 0 aliphatic heterocycles. The lowest BCUT2D eigenvalue weighted by Crippen LogP contribution is -2.55. The normalized spacial score (nSPS) is 45.8. The Morgan fingerprint density at radius 2 is 1.81 bits per heavy atom. The van der Waals surface area contributed by atoms with Crippen LogP contribution in [0.25, 0.3) is 0 Å². The second-order valence-electron chi connectivity index (χ2n) is 8.85. The van der Waals surface area contributed by atoms with Gasteiger partial charge in [-0.2, -0.15) is 0 Å². The molecule has 3 rings (SSSR count). The molecule has 1 N–H and O–H groups in total. The van der Waals surface area contributed by atoms with Crippen molar-refractivity contribution in [3.8, 4) is 0 Å². The lowest BCUT2D eigenvalue weighted by atomic mass is 9.51. The third-order valence-corrected chi connectivity index (χ3v) is 7.32. The molecule has 0 amide bonds. The topological polar surface area (TPSA) is 20.2 Å². The van der Waals surface area contributed by atoms with Crippen molar-refractivity contribution in [2.45, 2.75) is 78.7 Å². The maximum Gasteiger partial charge on any atom is 0.0887 e. The van der Waals surface area contributed by atoms with Crippen LogP contribution < -0.4 is 0 Å². The molecule has 3 aliphatic carbocycles. The summed E-state index contributed by atoms with van der Waals surface area (Å²) < 4.78 is 0. The molecule has 1 heteroatoms. The summed E-state index contributed by atoms with van der Waals surface area (Å²) in [6.07, 6.45) is 11.7. The smallest absolute Gasteiger partial charge is 0.0887 e. The number of rotatable bonds is 0. The van der Waals surface area contributed by atoms with E-state index in [9.17, 15) is 5.11 Å². The zero-order valence-corrected chi connectivity index (χ0v) is 14.5. The number of aliphatic hydroxyl groups is 1. The van der Waals surface area contributed by atoms with Crippen molar-refractivity contribution in [3.63, 3.8) is 0 Å². The Labute approximate surface area is 130 Å². The van der Waals surface area contributed by atoms with Crippen molar-refractivity contribution in [2.75, 3.05) is 0 Å². The Morgan fingerprint density at radius 1 is 1.10 bits per heavy atom. The van der Waals surface area contributed by atoms with E-state index < -0.39 is 5.60 Å². The van der Waals surface area contributed by atoms with Crippen molar-refractivity contribution in [3.05, 3.63) is 23.3 Å². The first-order chi connectivity index (χ1) is 9.70. The summed E-state index contributed by atoms with van der Waals surface area (Å²) >= 11 is 0. The van der Waals surface area contributed by atoms with Gasteiger partial charge >= 0.3 is 0 Å². The number of allylic oxidation sites excluding steroid dienone is 3. The number of fused-ring (bicyclic) bond motifs is 3. The summed E-state index contributed by atoms with van der Waals surface area (Å²) in [5.74, 6) is 1.37. The van der Waals surface area contributed by atoms with Crippen LogP contribution in [-0.4, -0.2) is 10.7 Å². The molecule has 0 aromatic rings. The Hall–Kier alpha value is -0.560. The lowest BCUT2D eigenvalue weighted by molar-refractivity contribution is -0.118. The van der Waals surface area contributed by atoms with E-state index in [1.54, 1.807) is 0 Å². The molecule has 0 aromatic heterocycles. The SMILES string of the molecule is CC1=CCC[C@@]2(C)CC[C@H]3[C@H](C)CC[C@@](O)(C=C12)C3(C)C. The van der Waals surface area contributed by atoms with Gasteiger partial charge in [0, 0.05) is 5.41 Å². The molecular weight excluding hydrogens is 256 g/mol. The zero-order valence-electron chi connectivity index (χ0n) is 14.5. The average molecular weight is 288 g/mol. The standard InChI is InChI=1S/C20H32O/c1-14-7-6-10-19(5)11-9-16-15(2)8-12-20(21,13-17(14)19)18(16,3)4/h7,13,15-16,21H,6,8-12H2,1-5H3/t15-,16+,19+,20-/m1/s1. The van der Waals surface area contributed by atoms with E-state index >= 15 is 0 Å². The van der Waals surface area contributed by atoms with Crippen LogP contribution in [0.3, 0.4) is 0 Å². The van der Waals surface area contributed by atoms with E-state index in [-0.39, 0.29) is 10.8 Å². The highest BCUT2D eigenvalue weighted by Gasteiger charge is 2.54. The van der Waals surface area contributed by atoms with E-state index in [4.69, 9.17) is 0 Å². The van der Waals surface area contributed by atoms with Crippen LogP contribution in [0.15, 0.2) is 23.3 Å². The van der Waals surface area contributed by atoms with Gasteiger partial charge in [-0.25, -0.2) is 0 Å². The highest BCUT2D eigenvalue weighted by molar-refractivity contribution is 5.41. The van der Waals surface area contributed by atoms with Gasteiger partial charge in [-0.05, 0) is 74.3 Å². The predicted molar refractivity (Wildman–Crippen MR) is 89.0 cm³/mol. The number of hydrogen-bond acceptors (Lipinski definition) is 1. The maximum atomic E-state index is 11.5. The molecule has 0 aromatic carbocycles. The van der Waals surface area contributed by atoms with Crippen LogP contribution in [-0.2, 0) is 0 Å². The van der Waals surface area contributed by atoms with E-state index in [2.05, 4.69) is 46.8 Å². The molecule has 1 fully saturated rings. The molecule has 21 heavy (non-hydrogen) atoms. The van der Waals surface area contributed by atoms with E-state index in [0.29, 0.717) is 5.92 Å². The molecule has 0 radical (unpaired) electrons. The van der Waals surface area contributed by atoms with Gasteiger partial charge in [-0.1, -0.05) is 39.3 Å². The predicted octanol–water partition coefficient (Wildman–Crippen LogP) is 5.26. The van der Waals surface area contributed by atoms with Gasteiger partial charge in [0.2, 0.25) is 0 Å². The lowest BCUT2D eigenvalue weighted by Gasteiger charge is -2.56. The zero-order chi connectivity index (χ0) is 15.5. The third-order valence-electron chi connectivity index (χ3n) is 7.32. The van der Waals surface area contributed by atoms with Crippen molar-refractivity contribution in [1.82, 2.24) is 0 Å². The van der Waals surface area contributed by atoms with Gasteiger partial charge < -0.3 is 5.11 Å².